The fraction of sp³-hybridized carbons (Fsp3) is 0.600. The largest absolute Gasteiger partial charge is 0.709 e. The van der Waals surface area contributed by atoms with E-state index in [1.807, 2.05) is 0 Å². The van der Waals surface area contributed by atoms with Crippen molar-refractivity contribution >= 4 is 7.32 Å². The second-order valence-corrected chi connectivity index (χ2v) is 1.78. The third-order valence-electron chi connectivity index (χ3n) is 0.855. The van der Waals surface area contributed by atoms with Crippen LogP contribution in [0.5, 0.6) is 0 Å². The number of hydrogen-bond acceptors (Lipinski definition) is 5. The molecule has 0 radical (unpaired) electrons. The summed E-state index contributed by atoms with van der Waals surface area (Å²) in [4.78, 5) is 0. The molecule has 0 heterocycles. The van der Waals surface area contributed by atoms with E-state index in [0.717, 1.165) is 6.26 Å². The maximum Gasteiger partial charge on any atom is 0.709 e. The SMILES string of the molecule is C=COB(O)OCC(O)CO. The van der Waals surface area contributed by atoms with E-state index in [1.165, 1.54) is 0 Å². The zero-order valence-electron chi connectivity index (χ0n) is 6.01. The first-order valence-electron chi connectivity index (χ1n) is 3.05. The molecule has 0 amide bonds. The molecule has 0 aromatic carbocycles. The van der Waals surface area contributed by atoms with Gasteiger partial charge in [-0.3, -0.25) is 0 Å². The van der Waals surface area contributed by atoms with Gasteiger partial charge in [-0.05, 0) is 0 Å². The summed E-state index contributed by atoms with van der Waals surface area (Å²) in [6.45, 7) is 2.57. The average molecular weight is 162 g/mol. The topological polar surface area (TPSA) is 79.2 Å². The Morgan fingerprint density at radius 2 is 2.27 bits per heavy atom. The fourth-order valence-corrected chi connectivity index (χ4v) is 0.368. The van der Waals surface area contributed by atoms with Gasteiger partial charge < -0.3 is 24.5 Å². The highest BCUT2D eigenvalue weighted by molar-refractivity contribution is 6.34. The molecule has 0 saturated carbocycles. The molecule has 0 saturated heterocycles. The van der Waals surface area contributed by atoms with Crippen LogP contribution in [0.15, 0.2) is 12.8 Å². The molecule has 0 bridgehead atoms. The lowest BCUT2D eigenvalue weighted by Gasteiger charge is -2.08. The van der Waals surface area contributed by atoms with Gasteiger partial charge in [0.2, 0.25) is 0 Å². The van der Waals surface area contributed by atoms with Crippen LogP contribution in [0.3, 0.4) is 0 Å². The molecule has 0 aromatic heterocycles. The Morgan fingerprint density at radius 1 is 1.64 bits per heavy atom. The molecule has 1 atom stereocenters. The van der Waals surface area contributed by atoms with Crippen LogP contribution in [0.4, 0.5) is 0 Å². The molecule has 0 aromatic rings. The molecule has 0 spiro atoms. The van der Waals surface area contributed by atoms with Crippen LogP contribution in [0, 0.1) is 0 Å². The summed E-state index contributed by atoms with van der Waals surface area (Å²) in [6.07, 6.45) is 0.00812. The molecular weight excluding hydrogens is 151 g/mol. The third-order valence-corrected chi connectivity index (χ3v) is 0.855. The van der Waals surface area contributed by atoms with Crippen LogP contribution >= 0.6 is 0 Å². The van der Waals surface area contributed by atoms with E-state index in [2.05, 4.69) is 15.9 Å². The molecule has 0 aliphatic carbocycles. The van der Waals surface area contributed by atoms with Crippen molar-refractivity contribution in [1.29, 1.82) is 0 Å². The van der Waals surface area contributed by atoms with E-state index in [4.69, 9.17) is 15.2 Å². The highest BCUT2D eigenvalue weighted by Crippen LogP contribution is 1.88. The van der Waals surface area contributed by atoms with Crippen molar-refractivity contribution in [2.75, 3.05) is 13.2 Å². The second-order valence-electron chi connectivity index (χ2n) is 1.78. The summed E-state index contributed by atoms with van der Waals surface area (Å²) in [6, 6.07) is 0. The maximum absolute atomic E-state index is 8.71. The first-order valence-corrected chi connectivity index (χ1v) is 3.05. The second kappa shape index (κ2) is 6.17. The standard InChI is InChI=1S/C5H11BO5/c1-2-10-6(9)11-4-5(8)3-7/h2,5,7-9H,1,3-4H2. The van der Waals surface area contributed by atoms with Crippen LogP contribution in [-0.2, 0) is 9.31 Å². The first kappa shape index (κ1) is 10.4. The monoisotopic (exact) mass is 162 g/mol. The molecular formula is C5H11BO5. The smallest absolute Gasteiger partial charge is 0.519 e. The molecule has 0 aliphatic heterocycles. The Labute approximate surface area is 65.0 Å². The molecule has 6 heteroatoms. The van der Waals surface area contributed by atoms with Gasteiger partial charge in [-0.2, -0.15) is 0 Å². The lowest BCUT2D eigenvalue weighted by atomic mass is 10.2. The lowest BCUT2D eigenvalue weighted by Crippen LogP contribution is -2.28. The predicted molar refractivity (Wildman–Crippen MR) is 38.3 cm³/mol. The van der Waals surface area contributed by atoms with Gasteiger partial charge in [-0.15, -0.1) is 0 Å². The van der Waals surface area contributed by atoms with Gasteiger partial charge in [0.25, 0.3) is 0 Å². The number of rotatable bonds is 6. The molecule has 0 aliphatic rings. The van der Waals surface area contributed by atoms with Gasteiger partial charge in [-0.1, -0.05) is 6.58 Å². The molecule has 0 rings (SSSR count). The fourth-order valence-electron chi connectivity index (χ4n) is 0.368. The van der Waals surface area contributed by atoms with Crippen molar-refractivity contribution in [2.24, 2.45) is 0 Å². The highest BCUT2D eigenvalue weighted by Gasteiger charge is 2.17. The third kappa shape index (κ3) is 5.87. The minimum absolute atomic E-state index is 0.189. The van der Waals surface area contributed by atoms with Gasteiger partial charge in [0.05, 0.1) is 25.6 Å². The predicted octanol–water partition coefficient (Wildman–Crippen LogP) is -1.51. The summed E-state index contributed by atoms with van der Waals surface area (Å²) >= 11 is 0. The van der Waals surface area contributed by atoms with Crippen molar-refractivity contribution in [2.45, 2.75) is 6.10 Å². The minimum Gasteiger partial charge on any atom is -0.519 e. The summed E-state index contributed by atoms with van der Waals surface area (Å²) in [5.74, 6) is 0. The number of aliphatic hydroxyl groups excluding tert-OH is 2. The van der Waals surface area contributed by atoms with Crippen LogP contribution in [-0.4, -0.2) is 41.9 Å². The van der Waals surface area contributed by atoms with E-state index in [-0.39, 0.29) is 6.61 Å². The molecule has 0 fully saturated rings. The highest BCUT2D eigenvalue weighted by atomic mass is 16.7. The Hall–Kier alpha value is -0.555. The van der Waals surface area contributed by atoms with Crippen molar-refractivity contribution < 1.29 is 24.5 Å². The summed E-state index contributed by atoms with van der Waals surface area (Å²) in [7, 11) is -1.44. The van der Waals surface area contributed by atoms with Gasteiger partial charge >= 0.3 is 7.32 Å². The summed E-state index contributed by atoms with van der Waals surface area (Å²) in [5.41, 5.74) is 0. The Balaban J connectivity index is 3.29. The Morgan fingerprint density at radius 3 is 2.73 bits per heavy atom. The van der Waals surface area contributed by atoms with E-state index < -0.39 is 20.0 Å². The molecule has 64 valence electrons. The van der Waals surface area contributed by atoms with E-state index >= 15 is 0 Å². The van der Waals surface area contributed by atoms with E-state index in [9.17, 15) is 0 Å². The van der Waals surface area contributed by atoms with E-state index in [0.29, 0.717) is 0 Å². The summed E-state index contributed by atoms with van der Waals surface area (Å²) in [5, 5.41) is 25.7. The first-order chi connectivity index (χ1) is 5.20. The Bertz CT molecular complexity index is 109. The molecule has 3 N–H and O–H groups in total. The van der Waals surface area contributed by atoms with Crippen LogP contribution < -0.4 is 0 Å². The maximum atomic E-state index is 8.71. The van der Waals surface area contributed by atoms with Crippen molar-refractivity contribution in [3.8, 4) is 0 Å². The zero-order chi connectivity index (χ0) is 8.69. The lowest BCUT2D eigenvalue weighted by molar-refractivity contribution is 0.0350. The van der Waals surface area contributed by atoms with Crippen LogP contribution in [0.25, 0.3) is 0 Å². The van der Waals surface area contributed by atoms with Gasteiger partial charge in [0, 0.05) is 0 Å². The molecule has 1 unspecified atom stereocenters. The van der Waals surface area contributed by atoms with Gasteiger partial charge in [0.15, 0.2) is 0 Å². The molecule has 11 heavy (non-hydrogen) atoms. The summed E-state index contributed by atoms with van der Waals surface area (Å²) < 4.78 is 8.83. The number of hydrogen-bond donors (Lipinski definition) is 3. The van der Waals surface area contributed by atoms with E-state index in [1.54, 1.807) is 0 Å². The average Bonchev–Trinajstić information content (AvgIpc) is 2.01. The normalized spacial score (nSPS) is 12.3. The molecule has 5 nitrogen and oxygen atoms in total. The van der Waals surface area contributed by atoms with Crippen molar-refractivity contribution in [3.63, 3.8) is 0 Å². The van der Waals surface area contributed by atoms with Crippen molar-refractivity contribution in [1.82, 2.24) is 0 Å². The van der Waals surface area contributed by atoms with Crippen molar-refractivity contribution in [3.05, 3.63) is 12.8 Å². The minimum atomic E-state index is -1.44. The van der Waals surface area contributed by atoms with Crippen LogP contribution in [0.1, 0.15) is 0 Å². The van der Waals surface area contributed by atoms with Gasteiger partial charge in [0.1, 0.15) is 0 Å². The quantitative estimate of drug-likeness (QED) is 0.327. The number of aliphatic hydroxyl groups is 2. The Kier molecular flexibility index (Phi) is 5.86. The zero-order valence-corrected chi connectivity index (χ0v) is 6.01. The van der Waals surface area contributed by atoms with Crippen LogP contribution in [0.2, 0.25) is 0 Å². The van der Waals surface area contributed by atoms with Gasteiger partial charge in [-0.25, -0.2) is 0 Å².